The smallest absolute Gasteiger partial charge is 0.387 e. The summed E-state index contributed by atoms with van der Waals surface area (Å²) in [6, 6.07) is 13.9. The minimum Gasteiger partial charge on any atom is -0.429 e. The molecule has 0 saturated carbocycles. The number of nitrogens with one attached hydrogen (secondary N) is 4. The van der Waals surface area contributed by atoms with Crippen LogP contribution in [-0.2, 0) is 9.53 Å². The van der Waals surface area contributed by atoms with Crippen LogP contribution in [0.25, 0.3) is 0 Å². The molecule has 9 heteroatoms. The molecule has 0 radical (unpaired) electrons. The van der Waals surface area contributed by atoms with Crippen molar-refractivity contribution in [3.05, 3.63) is 84.1 Å². The monoisotopic (exact) mass is 402 g/mol. The van der Waals surface area contributed by atoms with E-state index in [-0.39, 0.29) is 11.4 Å². The van der Waals surface area contributed by atoms with Gasteiger partial charge in [0.05, 0.1) is 11.4 Å². The molecule has 0 aliphatic heterocycles. The van der Waals surface area contributed by atoms with Crippen LogP contribution >= 0.6 is 0 Å². The summed E-state index contributed by atoms with van der Waals surface area (Å²) >= 11 is 0. The summed E-state index contributed by atoms with van der Waals surface area (Å²) in [6.07, 6.45) is 2.71. The topological polar surface area (TPSA) is 98.1 Å². The zero-order valence-corrected chi connectivity index (χ0v) is 15.0. The number of alkyl halides is 2. The van der Waals surface area contributed by atoms with Crippen LogP contribution in [0.15, 0.2) is 78.3 Å². The van der Waals surface area contributed by atoms with Crippen molar-refractivity contribution in [3.8, 4) is 0 Å². The number of rotatable bonds is 10. The molecule has 0 heterocycles. The second-order valence-corrected chi connectivity index (χ2v) is 5.45. The average Bonchev–Trinajstić information content (AvgIpc) is 2.71. The van der Waals surface area contributed by atoms with Crippen LogP contribution in [-0.4, -0.2) is 24.3 Å². The molecule has 0 bridgehead atoms. The van der Waals surface area contributed by atoms with Gasteiger partial charge in [0.1, 0.15) is 11.5 Å². The van der Waals surface area contributed by atoms with Gasteiger partial charge in [0.2, 0.25) is 5.78 Å². The molecule has 0 spiro atoms. The van der Waals surface area contributed by atoms with Gasteiger partial charge in [-0.25, -0.2) is 4.39 Å². The number of para-hydroxylation sites is 2. The molecule has 2 rings (SSSR count). The molecule has 0 unspecified atom stereocenters. The van der Waals surface area contributed by atoms with Crippen LogP contribution in [0.3, 0.4) is 0 Å². The minimum absolute atomic E-state index is 0.0696. The predicted molar refractivity (Wildman–Crippen MR) is 105 cm³/mol. The number of anilines is 2. The molecule has 6 nitrogen and oxygen atoms in total. The van der Waals surface area contributed by atoms with Crippen LogP contribution in [0.1, 0.15) is 0 Å². The summed E-state index contributed by atoms with van der Waals surface area (Å²) in [5.74, 6) is -2.75. The Morgan fingerprint density at radius 2 is 1.72 bits per heavy atom. The van der Waals surface area contributed by atoms with Crippen molar-refractivity contribution < 1.29 is 22.7 Å². The second-order valence-electron chi connectivity index (χ2n) is 5.45. The summed E-state index contributed by atoms with van der Waals surface area (Å²) in [4.78, 5) is 12.6. The Labute approximate surface area is 164 Å². The fourth-order valence-electron chi connectivity index (χ4n) is 2.16. The van der Waals surface area contributed by atoms with Gasteiger partial charge in [-0.05, 0) is 30.3 Å². The van der Waals surface area contributed by atoms with E-state index in [1.807, 2.05) is 0 Å². The fraction of sp³-hybridized carbons (Fsp3) is 0.0500. The number of carbonyl (C=O) groups excluding carboxylic acids is 1. The molecule has 0 saturated heterocycles. The quantitative estimate of drug-likeness (QED) is 0.266. The number of benzene rings is 2. The number of Topliss-reactive ketones (excluding diaryl/α,β-unsaturated/α-hetero) is 1. The summed E-state index contributed by atoms with van der Waals surface area (Å²) < 4.78 is 43.4. The fourth-order valence-corrected chi connectivity index (χ4v) is 2.16. The third-order valence-corrected chi connectivity index (χ3v) is 3.47. The Balaban J connectivity index is 2.27. The molecular formula is C20H17F3N4O2. The maximum Gasteiger partial charge on any atom is 0.387 e. The van der Waals surface area contributed by atoms with E-state index in [1.54, 1.807) is 30.3 Å². The van der Waals surface area contributed by atoms with Crippen molar-refractivity contribution in [1.29, 1.82) is 10.8 Å². The van der Waals surface area contributed by atoms with E-state index in [0.717, 1.165) is 24.6 Å². The Morgan fingerprint density at radius 1 is 1.07 bits per heavy atom. The van der Waals surface area contributed by atoms with Crippen molar-refractivity contribution in [2.45, 2.75) is 6.61 Å². The lowest BCUT2D eigenvalue weighted by atomic mass is 10.1. The summed E-state index contributed by atoms with van der Waals surface area (Å²) in [5, 5.41) is 20.4. The number of hydrogen-bond donors (Lipinski definition) is 4. The van der Waals surface area contributed by atoms with Crippen LogP contribution in [0.5, 0.6) is 0 Å². The SMILES string of the molecule is N=C/C=C(\Nc1ccccc1)C(=N)C(=O)/C(=C\Nc1ccccc1F)OC(F)F. The highest BCUT2D eigenvalue weighted by molar-refractivity contribution is 6.50. The molecule has 0 aromatic heterocycles. The molecule has 2 aromatic carbocycles. The summed E-state index contributed by atoms with van der Waals surface area (Å²) in [7, 11) is 0. The zero-order valence-electron chi connectivity index (χ0n) is 15.0. The zero-order chi connectivity index (χ0) is 21.2. The number of carbonyl (C=O) groups is 1. The lowest BCUT2D eigenvalue weighted by molar-refractivity contribution is -0.127. The number of ketones is 1. The second kappa shape index (κ2) is 10.5. The maximum absolute atomic E-state index is 13.7. The Bertz CT molecular complexity index is 944. The Morgan fingerprint density at radius 3 is 2.34 bits per heavy atom. The first-order valence-corrected chi connectivity index (χ1v) is 8.25. The van der Waals surface area contributed by atoms with E-state index in [1.165, 1.54) is 18.2 Å². The molecule has 4 N–H and O–H groups in total. The number of ether oxygens (including phenoxy) is 1. The van der Waals surface area contributed by atoms with Gasteiger partial charge in [-0.2, -0.15) is 8.78 Å². The molecule has 150 valence electrons. The normalized spacial score (nSPS) is 11.7. The highest BCUT2D eigenvalue weighted by Gasteiger charge is 2.23. The Hall–Kier alpha value is -3.88. The molecule has 29 heavy (non-hydrogen) atoms. The van der Waals surface area contributed by atoms with Gasteiger partial charge in [-0.15, -0.1) is 0 Å². The third-order valence-electron chi connectivity index (χ3n) is 3.47. The number of halogens is 3. The lowest BCUT2D eigenvalue weighted by Crippen LogP contribution is -2.25. The molecule has 2 aromatic rings. The van der Waals surface area contributed by atoms with Gasteiger partial charge in [0.15, 0.2) is 5.76 Å². The predicted octanol–water partition coefficient (Wildman–Crippen LogP) is 4.55. The average molecular weight is 402 g/mol. The summed E-state index contributed by atoms with van der Waals surface area (Å²) in [6.45, 7) is -3.34. The van der Waals surface area contributed by atoms with E-state index in [0.29, 0.717) is 5.69 Å². The highest BCUT2D eigenvalue weighted by Crippen LogP contribution is 2.16. The van der Waals surface area contributed by atoms with Gasteiger partial charge in [-0.3, -0.25) is 10.2 Å². The van der Waals surface area contributed by atoms with Crippen LogP contribution < -0.4 is 10.6 Å². The first-order chi connectivity index (χ1) is 13.9. The van der Waals surface area contributed by atoms with Crippen molar-refractivity contribution in [1.82, 2.24) is 0 Å². The van der Waals surface area contributed by atoms with Gasteiger partial charge >= 0.3 is 6.61 Å². The van der Waals surface area contributed by atoms with Crippen molar-refractivity contribution in [3.63, 3.8) is 0 Å². The standard InChI is InChI=1S/C20H17F3N4O2/c21-14-8-4-5-9-15(14)26-12-17(29-20(22)23)19(28)18(25)16(10-11-24)27-13-6-2-1-3-7-13/h1-12,20,24-27H/b16-10-,17-12+,24-11?,25-18?. The summed E-state index contributed by atoms with van der Waals surface area (Å²) in [5.41, 5.74) is -0.381. The largest absolute Gasteiger partial charge is 0.429 e. The minimum atomic E-state index is -3.34. The third kappa shape index (κ3) is 6.35. The van der Waals surface area contributed by atoms with Gasteiger partial charge < -0.3 is 20.8 Å². The van der Waals surface area contributed by atoms with Gasteiger partial charge in [0.25, 0.3) is 0 Å². The number of allylic oxidation sites excluding steroid dienone is 3. The molecule has 0 aliphatic rings. The molecule has 0 amide bonds. The molecule has 0 fully saturated rings. The first-order valence-electron chi connectivity index (χ1n) is 8.25. The van der Waals surface area contributed by atoms with Gasteiger partial charge in [-0.1, -0.05) is 30.3 Å². The molecular weight excluding hydrogens is 385 g/mol. The van der Waals surface area contributed by atoms with Crippen molar-refractivity contribution in [2.24, 2.45) is 0 Å². The van der Waals surface area contributed by atoms with Crippen molar-refractivity contribution in [2.75, 3.05) is 10.6 Å². The van der Waals surface area contributed by atoms with E-state index in [4.69, 9.17) is 10.8 Å². The first kappa shape index (κ1) is 21.4. The van der Waals surface area contributed by atoms with Crippen LogP contribution in [0, 0.1) is 16.6 Å². The van der Waals surface area contributed by atoms with E-state index >= 15 is 0 Å². The van der Waals surface area contributed by atoms with E-state index in [9.17, 15) is 18.0 Å². The lowest BCUT2D eigenvalue weighted by Gasteiger charge is -2.14. The van der Waals surface area contributed by atoms with E-state index in [2.05, 4.69) is 15.4 Å². The van der Waals surface area contributed by atoms with Gasteiger partial charge in [0, 0.05) is 18.1 Å². The maximum atomic E-state index is 13.7. The van der Waals surface area contributed by atoms with Crippen molar-refractivity contribution >= 4 is 29.1 Å². The van der Waals surface area contributed by atoms with E-state index < -0.39 is 29.7 Å². The molecule has 0 aliphatic carbocycles. The number of hydrogen-bond acceptors (Lipinski definition) is 6. The highest BCUT2D eigenvalue weighted by atomic mass is 19.3. The van der Waals surface area contributed by atoms with Crippen LogP contribution in [0.2, 0.25) is 0 Å². The van der Waals surface area contributed by atoms with Crippen LogP contribution in [0.4, 0.5) is 24.5 Å². The Kier molecular flexibility index (Phi) is 7.72. The molecule has 0 atom stereocenters.